The van der Waals surface area contributed by atoms with Gasteiger partial charge in [0.1, 0.15) is 0 Å². The summed E-state index contributed by atoms with van der Waals surface area (Å²) in [6.07, 6.45) is 8.88. The minimum Gasteiger partial charge on any atom is -0.481 e. The van der Waals surface area contributed by atoms with Gasteiger partial charge in [-0.1, -0.05) is 39.0 Å². The molecule has 3 heteroatoms. The number of aliphatic carboxylic acids is 1. The van der Waals surface area contributed by atoms with Gasteiger partial charge in [-0.3, -0.25) is 4.79 Å². The Morgan fingerprint density at radius 3 is 2.44 bits per heavy atom. The van der Waals surface area contributed by atoms with E-state index in [0.29, 0.717) is 0 Å². The summed E-state index contributed by atoms with van der Waals surface area (Å²) in [4.78, 5) is 14.2. The molecule has 3 nitrogen and oxygen atoms in total. The lowest BCUT2D eigenvalue weighted by Crippen LogP contribution is -2.42. The molecule has 18 heavy (non-hydrogen) atoms. The number of carboxylic acid groups (broad SMARTS) is 1. The van der Waals surface area contributed by atoms with Crippen molar-refractivity contribution in [2.24, 2.45) is 11.3 Å². The van der Waals surface area contributed by atoms with Crippen molar-refractivity contribution in [1.82, 2.24) is 4.90 Å². The van der Waals surface area contributed by atoms with Crippen LogP contribution in [-0.4, -0.2) is 35.6 Å². The molecule has 0 aromatic rings. The first-order valence-corrected chi connectivity index (χ1v) is 7.62. The molecule has 104 valence electrons. The maximum absolute atomic E-state index is 11.7. The van der Waals surface area contributed by atoms with Gasteiger partial charge in [-0.2, -0.15) is 0 Å². The van der Waals surface area contributed by atoms with Gasteiger partial charge in [0.2, 0.25) is 0 Å². The third kappa shape index (κ3) is 3.05. The molecule has 1 N–H and O–H groups in total. The van der Waals surface area contributed by atoms with Crippen LogP contribution >= 0.6 is 0 Å². The first-order valence-electron chi connectivity index (χ1n) is 7.62. The van der Waals surface area contributed by atoms with Crippen LogP contribution in [0.1, 0.15) is 58.3 Å². The van der Waals surface area contributed by atoms with Crippen molar-refractivity contribution in [2.75, 3.05) is 19.6 Å². The predicted molar refractivity (Wildman–Crippen MR) is 72.6 cm³/mol. The highest BCUT2D eigenvalue weighted by Gasteiger charge is 2.41. The van der Waals surface area contributed by atoms with E-state index in [-0.39, 0.29) is 0 Å². The summed E-state index contributed by atoms with van der Waals surface area (Å²) in [5.74, 6) is 0.242. The van der Waals surface area contributed by atoms with E-state index >= 15 is 0 Å². The Kier molecular flexibility index (Phi) is 4.66. The Labute approximate surface area is 111 Å². The molecule has 2 fully saturated rings. The van der Waals surface area contributed by atoms with Gasteiger partial charge in [0.25, 0.3) is 0 Å². The highest BCUT2D eigenvalue weighted by Crippen LogP contribution is 2.37. The Balaban J connectivity index is 1.99. The first-order chi connectivity index (χ1) is 8.66. The summed E-state index contributed by atoms with van der Waals surface area (Å²) < 4.78 is 0. The van der Waals surface area contributed by atoms with E-state index in [9.17, 15) is 9.90 Å². The molecule has 1 saturated carbocycles. The standard InChI is InChI=1S/C15H27NO2/c1-2-13-7-10-16(11-13)12-15(14(17)18)8-5-3-4-6-9-15/h13H,2-12H2,1H3,(H,17,18). The summed E-state index contributed by atoms with van der Waals surface area (Å²) in [7, 11) is 0. The minimum atomic E-state index is -0.552. The van der Waals surface area contributed by atoms with Crippen LogP contribution in [0.4, 0.5) is 0 Å². The minimum absolute atomic E-state index is 0.445. The smallest absolute Gasteiger partial charge is 0.310 e. The van der Waals surface area contributed by atoms with Crippen molar-refractivity contribution in [3.63, 3.8) is 0 Å². The summed E-state index contributed by atoms with van der Waals surface area (Å²) >= 11 is 0. The maximum Gasteiger partial charge on any atom is 0.310 e. The molecular formula is C15H27NO2. The SMILES string of the molecule is CCC1CCN(CC2(C(=O)O)CCCCCC2)C1. The van der Waals surface area contributed by atoms with Gasteiger partial charge in [-0.05, 0) is 31.7 Å². The number of hydrogen-bond donors (Lipinski definition) is 1. The van der Waals surface area contributed by atoms with Crippen molar-refractivity contribution in [3.8, 4) is 0 Å². The molecule has 1 aliphatic carbocycles. The molecule has 0 spiro atoms. The molecule has 2 rings (SSSR count). The second kappa shape index (κ2) is 6.05. The van der Waals surface area contributed by atoms with Gasteiger partial charge in [-0.15, -0.1) is 0 Å². The fourth-order valence-corrected chi connectivity index (χ4v) is 3.66. The molecule has 0 radical (unpaired) electrons. The summed E-state index contributed by atoms with van der Waals surface area (Å²) in [6, 6.07) is 0. The highest BCUT2D eigenvalue weighted by molar-refractivity contribution is 5.75. The first kappa shape index (κ1) is 13.9. The van der Waals surface area contributed by atoms with Gasteiger partial charge in [-0.25, -0.2) is 0 Å². The molecule has 2 aliphatic rings. The average molecular weight is 253 g/mol. The lowest BCUT2D eigenvalue weighted by molar-refractivity contribution is -0.151. The Morgan fingerprint density at radius 2 is 1.94 bits per heavy atom. The van der Waals surface area contributed by atoms with Crippen molar-refractivity contribution >= 4 is 5.97 Å². The van der Waals surface area contributed by atoms with Gasteiger partial charge < -0.3 is 10.0 Å². The highest BCUT2D eigenvalue weighted by atomic mass is 16.4. The molecule has 1 saturated heterocycles. The van der Waals surface area contributed by atoms with Crippen LogP contribution in [0.15, 0.2) is 0 Å². The molecule has 1 atom stereocenters. The molecule has 1 aliphatic heterocycles. The molecule has 0 amide bonds. The van der Waals surface area contributed by atoms with Gasteiger partial charge in [0.15, 0.2) is 0 Å². The lowest BCUT2D eigenvalue weighted by Gasteiger charge is -2.32. The van der Waals surface area contributed by atoms with Crippen LogP contribution in [0.5, 0.6) is 0 Å². The third-order valence-corrected chi connectivity index (χ3v) is 4.99. The van der Waals surface area contributed by atoms with Gasteiger partial charge in [0, 0.05) is 13.1 Å². The predicted octanol–water partition coefficient (Wildman–Crippen LogP) is 3.14. The molecule has 1 heterocycles. The number of likely N-dealkylation sites (tertiary alicyclic amines) is 1. The maximum atomic E-state index is 11.7. The lowest BCUT2D eigenvalue weighted by atomic mass is 9.80. The number of rotatable bonds is 4. The second-order valence-electron chi connectivity index (χ2n) is 6.30. The number of carbonyl (C=O) groups is 1. The van der Waals surface area contributed by atoms with Crippen molar-refractivity contribution < 1.29 is 9.90 Å². The second-order valence-corrected chi connectivity index (χ2v) is 6.30. The summed E-state index contributed by atoms with van der Waals surface area (Å²) in [5.41, 5.74) is -0.445. The summed E-state index contributed by atoms with van der Waals surface area (Å²) in [6.45, 7) is 5.25. The molecule has 0 aromatic heterocycles. The van der Waals surface area contributed by atoms with Crippen molar-refractivity contribution in [2.45, 2.75) is 58.3 Å². The van der Waals surface area contributed by atoms with E-state index in [0.717, 1.165) is 51.2 Å². The molecular weight excluding hydrogens is 226 g/mol. The van der Waals surface area contributed by atoms with Gasteiger partial charge in [0.05, 0.1) is 5.41 Å². The van der Waals surface area contributed by atoms with Crippen LogP contribution in [0, 0.1) is 11.3 Å². The van der Waals surface area contributed by atoms with E-state index in [2.05, 4.69) is 11.8 Å². The zero-order valence-corrected chi connectivity index (χ0v) is 11.7. The van der Waals surface area contributed by atoms with Crippen molar-refractivity contribution in [3.05, 3.63) is 0 Å². The Bertz CT molecular complexity index is 282. The van der Waals surface area contributed by atoms with Crippen LogP contribution in [-0.2, 0) is 4.79 Å². The fraction of sp³-hybridized carbons (Fsp3) is 0.933. The normalized spacial score (nSPS) is 29.1. The largest absolute Gasteiger partial charge is 0.481 e. The molecule has 0 bridgehead atoms. The van der Waals surface area contributed by atoms with E-state index in [1.165, 1.54) is 25.7 Å². The van der Waals surface area contributed by atoms with Crippen LogP contribution in [0.25, 0.3) is 0 Å². The quantitative estimate of drug-likeness (QED) is 0.782. The zero-order valence-electron chi connectivity index (χ0n) is 11.7. The number of nitrogens with zero attached hydrogens (tertiary/aromatic N) is 1. The fourth-order valence-electron chi connectivity index (χ4n) is 3.66. The monoisotopic (exact) mass is 253 g/mol. The number of hydrogen-bond acceptors (Lipinski definition) is 2. The van der Waals surface area contributed by atoms with E-state index in [1.54, 1.807) is 0 Å². The van der Waals surface area contributed by atoms with E-state index < -0.39 is 11.4 Å². The van der Waals surface area contributed by atoms with Crippen LogP contribution in [0.3, 0.4) is 0 Å². The summed E-state index contributed by atoms with van der Waals surface area (Å²) in [5, 5.41) is 9.67. The third-order valence-electron chi connectivity index (χ3n) is 4.99. The Hall–Kier alpha value is -0.570. The van der Waals surface area contributed by atoms with E-state index in [1.807, 2.05) is 0 Å². The van der Waals surface area contributed by atoms with Crippen LogP contribution < -0.4 is 0 Å². The van der Waals surface area contributed by atoms with E-state index in [4.69, 9.17) is 0 Å². The molecule has 0 aromatic carbocycles. The topological polar surface area (TPSA) is 40.5 Å². The average Bonchev–Trinajstić information content (AvgIpc) is 2.66. The molecule has 1 unspecified atom stereocenters. The Morgan fingerprint density at radius 1 is 1.28 bits per heavy atom. The zero-order chi connectivity index (χ0) is 13.0. The van der Waals surface area contributed by atoms with Crippen molar-refractivity contribution in [1.29, 1.82) is 0 Å². The van der Waals surface area contributed by atoms with Gasteiger partial charge >= 0.3 is 5.97 Å². The number of carboxylic acids is 1. The van der Waals surface area contributed by atoms with Crippen LogP contribution in [0.2, 0.25) is 0 Å².